The molecule has 0 atom stereocenters. The van der Waals surface area contributed by atoms with Gasteiger partial charge in [-0.3, -0.25) is 0 Å². The zero-order valence-corrected chi connectivity index (χ0v) is 65.0. The second kappa shape index (κ2) is 31.7. The summed E-state index contributed by atoms with van der Waals surface area (Å²) in [5, 5.41) is 3.63. The van der Waals surface area contributed by atoms with E-state index < -0.39 is 73.6 Å². The van der Waals surface area contributed by atoms with Gasteiger partial charge in [0, 0.05) is 112 Å². The molecule has 8 aromatic heterocycles. The zero-order valence-electron chi connectivity index (χ0n) is 78.2. The fourth-order valence-electron chi connectivity index (χ4n) is 11.8. The fourth-order valence-corrected chi connectivity index (χ4v) is 11.8. The number of fused-ring (bicyclic) bond motifs is 6. The number of hydrogen-bond donors (Lipinski definition) is 0. The number of benzene rings is 4. The van der Waals surface area contributed by atoms with Gasteiger partial charge in [0.05, 0.1) is 11.2 Å². The van der Waals surface area contributed by atoms with Gasteiger partial charge in [0.15, 0.2) is 0 Å². The van der Waals surface area contributed by atoms with E-state index in [2.05, 4.69) is 87.1 Å². The van der Waals surface area contributed by atoms with Crippen LogP contribution in [-0.2, 0) is 65.7 Å². The molecule has 10 heteroatoms. The van der Waals surface area contributed by atoms with E-state index in [9.17, 15) is 0 Å². The molecule has 12 aromatic rings. The number of pyridine rings is 6. The van der Waals surface area contributed by atoms with Gasteiger partial charge in [-0.05, 0) is 194 Å². The van der Waals surface area contributed by atoms with E-state index in [4.69, 9.17) is 33.5 Å². The molecule has 1 saturated carbocycles. The first kappa shape index (κ1) is 55.4. The Hall–Kier alpha value is -7.32. The van der Waals surface area contributed by atoms with Crippen molar-refractivity contribution >= 4 is 44.1 Å². The Bertz CT molecular complexity index is 5560. The molecule has 1 fully saturated rings. The Labute approximate surface area is 643 Å². The first-order valence-electron chi connectivity index (χ1n) is 42.1. The minimum Gasteiger partial charge on any atom is -0.486 e. The van der Waals surface area contributed by atoms with Crippen molar-refractivity contribution in [2.45, 2.75) is 202 Å². The van der Waals surface area contributed by atoms with Gasteiger partial charge in [0.1, 0.15) is 0 Å². The first-order chi connectivity index (χ1) is 52.7. The van der Waals surface area contributed by atoms with Crippen molar-refractivity contribution in [1.29, 1.82) is 0 Å². The Morgan fingerprint density at radius 3 is 1.46 bits per heavy atom. The third-order valence-electron chi connectivity index (χ3n) is 16.2. The van der Waals surface area contributed by atoms with E-state index in [0.717, 1.165) is 92.0 Å². The van der Waals surface area contributed by atoms with Crippen LogP contribution < -0.4 is 0 Å². The molecule has 8 heterocycles. The van der Waals surface area contributed by atoms with Crippen molar-refractivity contribution in [3.05, 3.63) is 225 Å². The molecule has 0 aliphatic heterocycles. The maximum atomic E-state index is 9.13. The van der Waals surface area contributed by atoms with Gasteiger partial charge < -0.3 is 28.8 Å². The number of rotatable bonds is 9. The van der Waals surface area contributed by atoms with Gasteiger partial charge >= 0.3 is 0 Å². The van der Waals surface area contributed by atoms with Gasteiger partial charge in [-0.1, -0.05) is 173 Å². The molecular formula is C89H102Ir2N6O2-4. The van der Waals surface area contributed by atoms with Crippen molar-refractivity contribution < 1.29 is 73.7 Å². The molecule has 99 heavy (non-hydrogen) atoms. The van der Waals surface area contributed by atoms with Gasteiger partial charge in [0.2, 0.25) is 11.4 Å². The molecule has 13 rings (SSSR count). The topological polar surface area (TPSA) is 104 Å². The van der Waals surface area contributed by atoms with Crippen LogP contribution in [0.5, 0.6) is 0 Å². The summed E-state index contributed by atoms with van der Waals surface area (Å²) >= 11 is 0. The van der Waals surface area contributed by atoms with Gasteiger partial charge in [-0.2, -0.15) is 0 Å². The number of aromatic nitrogens is 6. The van der Waals surface area contributed by atoms with Gasteiger partial charge in [-0.15, -0.1) is 107 Å². The van der Waals surface area contributed by atoms with Crippen LogP contribution in [0.3, 0.4) is 0 Å². The minimum atomic E-state index is -2.33. The van der Waals surface area contributed by atoms with Crippen LogP contribution in [-0.4, -0.2) is 29.9 Å². The van der Waals surface area contributed by atoms with E-state index in [-0.39, 0.29) is 73.9 Å². The normalized spacial score (nSPS) is 17.4. The van der Waals surface area contributed by atoms with E-state index >= 15 is 0 Å². The van der Waals surface area contributed by atoms with Gasteiger partial charge in [-0.25, -0.2) is 9.97 Å². The van der Waals surface area contributed by atoms with E-state index in [0.29, 0.717) is 61.6 Å². The Morgan fingerprint density at radius 1 is 0.495 bits per heavy atom. The van der Waals surface area contributed by atoms with Crippen LogP contribution in [0.2, 0.25) is 0 Å². The van der Waals surface area contributed by atoms with Crippen molar-refractivity contribution in [1.82, 2.24) is 29.9 Å². The van der Waals surface area contributed by atoms with Crippen molar-refractivity contribution in [2.24, 2.45) is 27.1 Å². The van der Waals surface area contributed by atoms with Crippen molar-refractivity contribution in [3.63, 3.8) is 0 Å². The van der Waals surface area contributed by atoms with Crippen LogP contribution in [0.4, 0.5) is 0 Å². The predicted octanol–water partition coefficient (Wildman–Crippen LogP) is 24.0. The number of aryl methyl sites for hydroxylation is 7. The molecule has 0 spiro atoms. The second-order valence-corrected chi connectivity index (χ2v) is 30.3. The molecule has 0 amide bonds. The minimum absolute atomic E-state index is 0. The number of furan rings is 2. The molecule has 0 bridgehead atoms. The Balaban J connectivity index is 0.000000194. The smallest absolute Gasteiger partial charge is 0.216 e. The fraction of sp³-hybridized carbons (Fsp3) is 0.393. The van der Waals surface area contributed by atoms with Crippen LogP contribution in [0, 0.1) is 99.6 Å². The summed E-state index contributed by atoms with van der Waals surface area (Å²) in [4.78, 5) is 26.7. The summed E-state index contributed by atoms with van der Waals surface area (Å²) in [6.07, 6.45) is 3.56. The average Bonchev–Trinajstić information content (AvgIpc) is 1.74. The largest absolute Gasteiger partial charge is 0.486 e. The zero-order chi connectivity index (χ0) is 85.5. The van der Waals surface area contributed by atoms with Crippen LogP contribution in [0.15, 0.2) is 143 Å². The maximum Gasteiger partial charge on any atom is 0.216 e. The molecule has 1 aliphatic rings. The predicted molar refractivity (Wildman–Crippen MR) is 405 cm³/mol. The van der Waals surface area contributed by atoms with E-state index in [1.54, 1.807) is 102 Å². The third kappa shape index (κ3) is 20.5. The molecule has 4 aromatic carbocycles. The van der Waals surface area contributed by atoms with Crippen LogP contribution in [0.1, 0.15) is 220 Å². The Kier molecular flexibility index (Phi) is 17.7. The van der Waals surface area contributed by atoms with Gasteiger partial charge in [0.25, 0.3) is 0 Å². The van der Waals surface area contributed by atoms with Crippen LogP contribution in [0.25, 0.3) is 89.2 Å². The monoisotopic (exact) mass is 1690 g/mol. The molecular weight excluding hydrogens is 1570 g/mol. The van der Waals surface area contributed by atoms with Crippen molar-refractivity contribution in [3.8, 4) is 45.0 Å². The average molecular weight is 1690 g/mol. The van der Waals surface area contributed by atoms with Crippen LogP contribution >= 0.6 is 0 Å². The Morgan fingerprint density at radius 2 is 0.970 bits per heavy atom. The van der Waals surface area contributed by atoms with E-state index in [1.807, 2.05) is 98.8 Å². The summed E-state index contributed by atoms with van der Waals surface area (Å²) in [6.45, 7) is 27.5. The first-order valence-corrected chi connectivity index (χ1v) is 33.1. The number of hydrogen-bond acceptors (Lipinski definition) is 8. The molecule has 2 radical (unpaired) electrons. The quantitative estimate of drug-likeness (QED) is 0.132. The molecule has 0 unspecified atom stereocenters. The summed E-state index contributed by atoms with van der Waals surface area (Å²) in [5.74, 6) is -0.551. The SMILES string of the molecule is [2H]C([2H])([2H])c1c[c-]c(-c2cc(C([2H])([2H])C(C)(C)C)c(C([2H])([2H])C(C)(C)C)cn2)cc1.[2H]C([2H])([2H])c1c[c-]c(-c2cc(C)c(C([2H])([2H])C(C)(C)C)cn2)cc1.[2H]C([2H])([2H])c1cc(C)c2c(n1)oc1c(-c3cc(C([2H])([2H])C(C)(C)C)ccn3)[c-]ccc12.[2H]C1(c2ccnc(-c3[c-]ccc4c3oc3nc(C)cc(C)c34)c2)CCC(C)(C)CC1.[Ir].[Ir]. The molecule has 0 N–H and O–H groups in total. The standard InChI is InChI=1S/C26H27N2O.C23H23N2O.C22H30N.C18H22N.2Ir/c1-16-14-17(2)28-25-23(16)21-7-5-6-20(24(21)29-25)22-15-19(10-13-27-22)18-8-11-26(3,4)12-9-18;1-14-11-15(2)25-22-20(14)18-8-6-7-17(21(18)26-22)19-12-16(9-10-24-19)13-23(3,4)5;1-16-8-10-17(11-9-16)20-12-18(13-21(2,3)4)19(15-23-20)14-22(5,6)7;1-13-6-8-15(9-7-13)17-10-14(2)16(12-19-17)11-18(3,4)5;;/h5,7,10,13-15,18H,8-9,11-12H2,1-4H3;6,8-12H,13H2,1-5H3;8-10,12,15H,13-14H2,1-7H3;6-8,10,12H,11H2,1-5H3;;/q4*-1;;/i18D;2D3,13D2;1D3,13D2,14D2;1D3,11D2;;. The number of nitrogens with zero attached hydrogens (tertiary/aromatic N) is 6. The summed E-state index contributed by atoms with van der Waals surface area (Å²) in [5.41, 5.74) is 11.5. The summed E-state index contributed by atoms with van der Waals surface area (Å²) in [7, 11) is 0. The second-order valence-electron chi connectivity index (χ2n) is 30.3. The third-order valence-corrected chi connectivity index (χ3v) is 16.2. The summed E-state index contributed by atoms with van der Waals surface area (Å²) < 4.78 is 158. The maximum absolute atomic E-state index is 9.13. The van der Waals surface area contributed by atoms with E-state index in [1.165, 1.54) is 24.4 Å². The molecule has 0 saturated heterocycles. The summed E-state index contributed by atoms with van der Waals surface area (Å²) in [6, 6.07) is 43.6. The molecule has 8 nitrogen and oxygen atoms in total. The molecule has 1 aliphatic carbocycles. The molecule has 522 valence electrons. The van der Waals surface area contributed by atoms with Crippen molar-refractivity contribution in [2.75, 3.05) is 0 Å².